The summed E-state index contributed by atoms with van der Waals surface area (Å²) in [6.45, 7) is 1.75. The minimum absolute atomic E-state index is 0.213. The molecule has 0 aromatic heterocycles. The van der Waals surface area contributed by atoms with Crippen LogP contribution < -0.4 is 9.64 Å². The van der Waals surface area contributed by atoms with Crippen LogP contribution in [0.2, 0.25) is 5.02 Å². The van der Waals surface area contributed by atoms with Crippen LogP contribution in [0.5, 0.6) is 5.75 Å². The van der Waals surface area contributed by atoms with Gasteiger partial charge in [0.25, 0.3) is 5.91 Å². The fourth-order valence-corrected chi connectivity index (χ4v) is 4.06. The lowest BCUT2D eigenvalue weighted by Gasteiger charge is -2.14. The summed E-state index contributed by atoms with van der Waals surface area (Å²) < 4.78 is 5.88. The molecule has 1 atom stereocenters. The van der Waals surface area contributed by atoms with Gasteiger partial charge < -0.3 is 9.84 Å². The molecule has 2 aromatic rings. The van der Waals surface area contributed by atoms with Gasteiger partial charge in [-0.2, -0.15) is 0 Å². The highest BCUT2D eigenvalue weighted by atomic mass is 35.5. The highest BCUT2D eigenvalue weighted by Gasteiger charge is 2.33. The number of hydrogen-bond donors (Lipinski definition) is 1. The number of halogens is 1. The van der Waals surface area contributed by atoms with Gasteiger partial charge in [0.1, 0.15) is 5.75 Å². The van der Waals surface area contributed by atoms with Crippen molar-refractivity contribution in [3.05, 3.63) is 64.0 Å². The second-order valence-corrected chi connectivity index (χ2v) is 8.03. The van der Waals surface area contributed by atoms with E-state index < -0.39 is 12.1 Å². The van der Waals surface area contributed by atoms with Gasteiger partial charge in [-0.05, 0) is 48.4 Å². The van der Waals surface area contributed by atoms with E-state index in [1.807, 2.05) is 0 Å². The molecule has 1 unspecified atom stereocenters. The summed E-state index contributed by atoms with van der Waals surface area (Å²) in [5.41, 5.74) is 1.41. The third-order valence-electron chi connectivity index (χ3n) is 3.96. The first kappa shape index (κ1) is 20.4. The van der Waals surface area contributed by atoms with Crippen LogP contribution in [0, 0.1) is 0 Å². The maximum Gasteiger partial charge on any atom is 0.344 e. The predicted octanol–water partition coefficient (Wildman–Crippen LogP) is 4.99. The molecule has 0 aliphatic carbocycles. The molecule has 3 rings (SSSR count). The Labute approximate surface area is 176 Å². The summed E-state index contributed by atoms with van der Waals surface area (Å²) in [5.74, 6) is -0.761. The number of carbonyl (C=O) groups excluding carboxylic acids is 1. The Hall–Kier alpha value is -2.35. The Kier molecular flexibility index (Phi) is 6.39. The van der Waals surface area contributed by atoms with Gasteiger partial charge in [-0.15, -0.1) is 0 Å². The van der Waals surface area contributed by atoms with Crippen molar-refractivity contribution in [2.24, 2.45) is 0 Å². The van der Waals surface area contributed by atoms with Crippen LogP contribution in [0.25, 0.3) is 6.08 Å². The van der Waals surface area contributed by atoms with Crippen molar-refractivity contribution in [2.45, 2.75) is 19.4 Å². The van der Waals surface area contributed by atoms with E-state index in [9.17, 15) is 9.59 Å². The first-order chi connectivity index (χ1) is 13.4. The summed E-state index contributed by atoms with van der Waals surface area (Å²) in [6.07, 6.45) is 1.21. The number of ether oxygens (including phenoxy) is 1. The highest BCUT2D eigenvalue weighted by molar-refractivity contribution is 8.27. The quantitative estimate of drug-likeness (QED) is 0.511. The Bertz CT molecular complexity index is 959. The highest BCUT2D eigenvalue weighted by Crippen LogP contribution is 2.36. The molecule has 1 aliphatic heterocycles. The second-order valence-electron chi connectivity index (χ2n) is 5.92. The zero-order valence-electron chi connectivity index (χ0n) is 14.8. The van der Waals surface area contributed by atoms with Crippen molar-refractivity contribution in [1.29, 1.82) is 0 Å². The first-order valence-electron chi connectivity index (χ1n) is 8.42. The van der Waals surface area contributed by atoms with Crippen molar-refractivity contribution in [1.82, 2.24) is 0 Å². The number of carboxylic acid groups (broad SMARTS) is 1. The van der Waals surface area contributed by atoms with Crippen LogP contribution in [0.15, 0.2) is 53.4 Å². The summed E-state index contributed by atoms with van der Waals surface area (Å²) in [5, 5.41) is 9.59. The van der Waals surface area contributed by atoms with Gasteiger partial charge in [-0.3, -0.25) is 9.69 Å². The summed E-state index contributed by atoms with van der Waals surface area (Å²) >= 11 is 12.6. The van der Waals surface area contributed by atoms with E-state index in [1.165, 1.54) is 16.7 Å². The predicted molar refractivity (Wildman–Crippen MR) is 116 cm³/mol. The number of nitrogens with zero attached hydrogens (tertiary/aromatic N) is 1. The molecule has 1 N–H and O–H groups in total. The molecule has 1 aliphatic rings. The summed E-state index contributed by atoms with van der Waals surface area (Å²) in [4.78, 5) is 25.8. The van der Waals surface area contributed by atoms with Gasteiger partial charge in [0.05, 0.1) is 10.6 Å². The second kappa shape index (κ2) is 8.77. The lowest BCUT2D eigenvalue weighted by molar-refractivity contribution is -0.145. The fourth-order valence-electron chi connectivity index (χ4n) is 2.57. The average Bonchev–Trinajstić information content (AvgIpc) is 2.94. The minimum atomic E-state index is -1.00. The number of thioether (sulfide) groups is 1. The number of rotatable bonds is 6. The fraction of sp³-hybridized carbons (Fsp3) is 0.150. The van der Waals surface area contributed by atoms with E-state index in [0.29, 0.717) is 32.1 Å². The van der Waals surface area contributed by atoms with E-state index in [0.717, 1.165) is 5.56 Å². The number of hydrogen-bond acceptors (Lipinski definition) is 5. The maximum absolute atomic E-state index is 12.8. The zero-order chi connectivity index (χ0) is 20.3. The molecule has 0 saturated carbocycles. The average molecular weight is 434 g/mol. The van der Waals surface area contributed by atoms with Crippen molar-refractivity contribution >= 4 is 63.5 Å². The number of carboxylic acids is 1. The zero-order valence-corrected chi connectivity index (χ0v) is 17.2. The van der Waals surface area contributed by atoms with E-state index in [2.05, 4.69) is 0 Å². The Morgan fingerprint density at radius 3 is 2.64 bits per heavy atom. The van der Waals surface area contributed by atoms with E-state index in [1.54, 1.807) is 61.5 Å². The van der Waals surface area contributed by atoms with E-state index in [-0.39, 0.29) is 5.91 Å². The van der Waals surface area contributed by atoms with Gasteiger partial charge in [0, 0.05) is 5.02 Å². The van der Waals surface area contributed by atoms with E-state index >= 15 is 0 Å². The third-order valence-corrected chi connectivity index (χ3v) is 5.50. The Morgan fingerprint density at radius 1 is 1.32 bits per heavy atom. The number of carbonyl (C=O) groups is 2. The van der Waals surface area contributed by atoms with Crippen LogP contribution in [0.1, 0.15) is 18.9 Å². The molecular formula is C20H16ClNO4S2. The van der Waals surface area contributed by atoms with Crippen molar-refractivity contribution in [2.75, 3.05) is 4.90 Å². The van der Waals surface area contributed by atoms with E-state index in [4.69, 9.17) is 33.7 Å². The topological polar surface area (TPSA) is 66.8 Å². The normalized spacial score (nSPS) is 16.5. The molecule has 28 heavy (non-hydrogen) atoms. The van der Waals surface area contributed by atoms with Gasteiger partial charge in [-0.25, -0.2) is 4.79 Å². The standard InChI is InChI=1S/C20H16ClNO4S2/c1-2-16(19(24)25)26-15-8-6-12(7-9-15)10-17-18(23)22(20(27)28-17)14-5-3-4-13(21)11-14/h3-11,16H,2H2,1H3,(H,24,25)/b17-10+. The first-order valence-corrected chi connectivity index (χ1v) is 10.0. The molecule has 0 bridgehead atoms. The van der Waals surface area contributed by atoms with Crippen molar-refractivity contribution in [3.63, 3.8) is 0 Å². The van der Waals surface area contributed by atoms with Gasteiger partial charge in [0.2, 0.25) is 0 Å². The molecule has 144 valence electrons. The summed E-state index contributed by atoms with van der Waals surface area (Å²) in [7, 11) is 0. The molecular weight excluding hydrogens is 418 g/mol. The van der Waals surface area contributed by atoms with Crippen LogP contribution in [-0.4, -0.2) is 27.4 Å². The molecule has 5 nitrogen and oxygen atoms in total. The van der Waals surface area contributed by atoms with Crippen LogP contribution in [0.3, 0.4) is 0 Å². The molecule has 1 saturated heterocycles. The van der Waals surface area contributed by atoms with Crippen LogP contribution in [-0.2, 0) is 9.59 Å². The maximum atomic E-state index is 12.8. The Balaban J connectivity index is 1.77. The van der Waals surface area contributed by atoms with Gasteiger partial charge in [-0.1, -0.05) is 60.7 Å². The van der Waals surface area contributed by atoms with Crippen molar-refractivity contribution < 1.29 is 19.4 Å². The molecule has 1 fully saturated rings. The lowest BCUT2D eigenvalue weighted by Crippen LogP contribution is -2.27. The Morgan fingerprint density at radius 2 is 2.04 bits per heavy atom. The molecule has 1 amide bonds. The van der Waals surface area contributed by atoms with Crippen LogP contribution >= 0.6 is 35.6 Å². The summed E-state index contributed by atoms with van der Waals surface area (Å²) in [6, 6.07) is 13.8. The van der Waals surface area contributed by atoms with Gasteiger partial charge in [0.15, 0.2) is 10.4 Å². The number of benzene rings is 2. The largest absolute Gasteiger partial charge is 0.479 e. The SMILES string of the molecule is CCC(Oc1ccc(/C=C2/SC(=S)N(c3cccc(Cl)c3)C2=O)cc1)C(=O)O. The monoisotopic (exact) mass is 433 g/mol. The number of thiocarbonyl (C=S) groups is 1. The van der Waals surface area contributed by atoms with Gasteiger partial charge >= 0.3 is 5.97 Å². The molecule has 8 heteroatoms. The smallest absolute Gasteiger partial charge is 0.344 e. The molecule has 0 radical (unpaired) electrons. The lowest BCUT2D eigenvalue weighted by atomic mass is 10.2. The van der Waals surface area contributed by atoms with Crippen LogP contribution in [0.4, 0.5) is 5.69 Å². The number of amides is 1. The molecule has 1 heterocycles. The third kappa shape index (κ3) is 4.55. The number of anilines is 1. The van der Waals surface area contributed by atoms with Crippen molar-refractivity contribution in [3.8, 4) is 5.75 Å². The molecule has 2 aromatic carbocycles. The minimum Gasteiger partial charge on any atom is -0.479 e. The molecule has 0 spiro atoms. The number of aliphatic carboxylic acids is 1.